The maximum atomic E-state index is 12.5. The number of amides is 1. The van der Waals surface area contributed by atoms with Crippen molar-refractivity contribution in [2.45, 2.75) is 6.42 Å². The highest BCUT2D eigenvalue weighted by atomic mass is 16.3. The van der Waals surface area contributed by atoms with Crippen LogP contribution >= 0.6 is 0 Å². The molecule has 0 atom stereocenters. The highest BCUT2D eigenvalue weighted by Gasteiger charge is 2.26. The van der Waals surface area contributed by atoms with Crippen molar-refractivity contribution in [1.82, 2.24) is 9.80 Å². The molecule has 5 heteroatoms. The summed E-state index contributed by atoms with van der Waals surface area (Å²) in [5.41, 5.74) is 2.36. The highest BCUT2D eigenvalue weighted by Crippen LogP contribution is 2.27. The van der Waals surface area contributed by atoms with E-state index in [-0.39, 0.29) is 12.5 Å². The summed E-state index contributed by atoms with van der Waals surface area (Å²) in [6, 6.07) is 8.18. The molecule has 1 aromatic rings. The molecule has 0 saturated carbocycles. The second-order valence-electron chi connectivity index (χ2n) is 5.77. The van der Waals surface area contributed by atoms with Crippen molar-refractivity contribution in [3.63, 3.8) is 0 Å². The molecule has 0 spiro atoms. The van der Waals surface area contributed by atoms with Gasteiger partial charge in [0.05, 0.1) is 13.2 Å². The number of hydrogen-bond acceptors (Lipinski definition) is 4. The maximum Gasteiger partial charge on any atom is 0.241 e. The zero-order valence-electron chi connectivity index (χ0n) is 12.4. The number of fused-ring (bicyclic) bond motifs is 1. The van der Waals surface area contributed by atoms with E-state index >= 15 is 0 Å². The minimum absolute atomic E-state index is 0.204. The van der Waals surface area contributed by atoms with Crippen molar-refractivity contribution in [1.29, 1.82) is 0 Å². The third-order valence-electron chi connectivity index (χ3n) is 4.43. The van der Waals surface area contributed by atoms with Gasteiger partial charge in [-0.1, -0.05) is 18.2 Å². The monoisotopic (exact) mass is 289 g/mol. The number of carbonyl (C=O) groups excluding carboxylic acids is 1. The second-order valence-corrected chi connectivity index (χ2v) is 5.77. The molecule has 2 heterocycles. The Labute approximate surface area is 125 Å². The molecule has 3 rings (SSSR count). The van der Waals surface area contributed by atoms with Gasteiger partial charge in [-0.25, -0.2) is 0 Å². The number of aliphatic hydroxyl groups excluding tert-OH is 1. The number of anilines is 1. The first-order valence-corrected chi connectivity index (χ1v) is 7.72. The fourth-order valence-electron chi connectivity index (χ4n) is 3.19. The molecule has 114 valence electrons. The van der Waals surface area contributed by atoms with E-state index in [0.717, 1.165) is 51.4 Å². The summed E-state index contributed by atoms with van der Waals surface area (Å²) in [4.78, 5) is 18.9. The number of benzene rings is 1. The minimum Gasteiger partial charge on any atom is -0.395 e. The molecule has 0 bridgehead atoms. The van der Waals surface area contributed by atoms with Gasteiger partial charge in [-0.05, 0) is 18.1 Å². The molecular formula is C16H23N3O2. The summed E-state index contributed by atoms with van der Waals surface area (Å²) in [5.74, 6) is 0.204. The van der Waals surface area contributed by atoms with Crippen LogP contribution in [0.1, 0.15) is 5.56 Å². The van der Waals surface area contributed by atoms with Crippen LogP contribution in [0, 0.1) is 0 Å². The molecule has 0 radical (unpaired) electrons. The van der Waals surface area contributed by atoms with Crippen molar-refractivity contribution in [3.05, 3.63) is 29.8 Å². The summed E-state index contributed by atoms with van der Waals surface area (Å²) in [6.07, 6.45) is 0.964. The van der Waals surface area contributed by atoms with Crippen LogP contribution in [0.5, 0.6) is 0 Å². The Morgan fingerprint density at radius 2 is 1.76 bits per heavy atom. The van der Waals surface area contributed by atoms with Gasteiger partial charge in [0.2, 0.25) is 5.91 Å². The van der Waals surface area contributed by atoms with E-state index in [0.29, 0.717) is 6.54 Å². The fourth-order valence-corrected chi connectivity index (χ4v) is 3.19. The summed E-state index contributed by atoms with van der Waals surface area (Å²) in [5, 5.41) is 8.95. The molecule has 0 aromatic heterocycles. The van der Waals surface area contributed by atoms with Crippen molar-refractivity contribution < 1.29 is 9.90 Å². The largest absolute Gasteiger partial charge is 0.395 e. The van der Waals surface area contributed by atoms with Gasteiger partial charge >= 0.3 is 0 Å². The Balaban J connectivity index is 1.54. The quantitative estimate of drug-likeness (QED) is 0.859. The van der Waals surface area contributed by atoms with Crippen LogP contribution in [0.4, 0.5) is 5.69 Å². The van der Waals surface area contributed by atoms with Crippen LogP contribution in [0.25, 0.3) is 0 Å². The van der Waals surface area contributed by atoms with Crippen LogP contribution in [0.3, 0.4) is 0 Å². The van der Waals surface area contributed by atoms with Crippen LogP contribution < -0.4 is 4.90 Å². The first-order chi connectivity index (χ1) is 10.3. The molecule has 1 aromatic carbocycles. The van der Waals surface area contributed by atoms with Gasteiger partial charge in [0.15, 0.2) is 0 Å². The van der Waals surface area contributed by atoms with E-state index < -0.39 is 0 Å². The first-order valence-electron chi connectivity index (χ1n) is 7.72. The van der Waals surface area contributed by atoms with E-state index in [9.17, 15) is 4.79 Å². The number of para-hydroxylation sites is 1. The lowest BCUT2D eigenvalue weighted by atomic mass is 10.2. The van der Waals surface area contributed by atoms with Crippen LogP contribution in [-0.4, -0.2) is 73.2 Å². The number of aliphatic hydroxyl groups is 1. The molecule has 1 fully saturated rings. The topological polar surface area (TPSA) is 47.0 Å². The lowest BCUT2D eigenvalue weighted by molar-refractivity contribution is -0.120. The summed E-state index contributed by atoms with van der Waals surface area (Å²) in [6.45, 7) is 5.94. The molecule has 0 aliphatic carbocycles. The van der Waals surface area contributed by atoms with Gasteiger partial charge in [-0.3, -0.25) is 14.6 Å². The van der Waals surface area contributed by atoms with Gasteiger partial charge < -0.3 is 10.0 Å². The number of rotatable bonds is 4. The van der Waals surface area contributed by atoms with Crippen LogP contribution in [0.2, 0.25) is 0 Å². The van der Waals surface area contributed by atoms with Crippen molar-refractivity contribution in [3.8, 4) is 0 Å². The summed E-state index contributed by atoms with van der Waals surface area (Å²) >= 11 is 0. The van der Waals surface area contributed by atoms with Gasteiger partial charge in [0.25, 0.3) is 0 Å². The normalized spacial score (nSPS) is 19.8. The Morgan fingerprint density at radius 1 is 1.05 bits per heavy atom. The number of carbonyl (C=O) groups is 1. The maximum absolute atomic E-state index is 12.5. The minimum atomic E-state index is 0.204. The van der Waals surface area contributed by atoms with Gasteiger partial charge in [-0.2, -0.15) is 0 Å². The summed E-state index contributed by atoms with van der Waals surface area (Å²) in [7, 11) is 0. The lowest BCUT2D eigenvalue weighted by Gasteiger charge is -2.34. The number of hydrogen-bond donors (Lipinski definition) is 1. The molecule has 1 amide bonds. The van der Waals surface area contributed by atoms with Crippen molar-refractivity contribution in [2.24, 2.45) is 0 Å². The lowest BCUT2D eigenvalue weighted by Crippen LogP contribution is -2.50. The molecule has 2 aliphatic heterocycles. The standard InChI is InChI=1S/C16H23N3O2/c20-12-11-17-7-9-18(10-8-17)13-16(21)19-6-5-14-3-1-2-4-15(14)19/h1-4,20H,5-13H2. The predicted octanol–water partition coefficient (Wildman–Crippen LogP) is 0.186. The Bertz CT molecular complexity index is 498. The molecule has 21 heavy (non-hydrogen) atoms. The zero-order valence-corrected chi connectivity index (χ0v) is 12.4. The molecule has 0 unspecified atom stereocenters. The fraction of sp³-hybridized carbons (Fsp3) is 0.562. The number of nitrogens with zero attached hydrogens (tertiary/aromatic N) is 3. The zero-order chi connectivity index (χ0) is 14.7. The molecule has 5 nitrogen and oxygen atoms in total. The van der Waals surface area contributed by atoms with E-state index in [4.69, 9.17) is 5.11 Å². The predicted molar refractivity (Wildman–Crippen MR) is 82.5 cm³/mol. The van der Waals surface area contributed by atoms with E-state index in [1.165, 1.54) is 5.56 Å². The average Bonchev–Trinajstić information content (AvgIpc) is 2.93. The molecular weight excluding hydrogens is 266 g/mol. The van der Waals surface area contributed by atoms with Crippen molar-refractivity contribution in [2.75, 3.05) is 57.3 Å². The van der Waals surface area contributed by atoms with Crippen LogP contribution in [-0.2, 0) is 11.2 Å². The van der Waals surface area contributed by atoms with Gasteiger partial charge in [0.1, 0.15) is 0 Å². The average molecular weight is 289 g/mol. The third-order valence-corrected chi connectivity index (χ3v) is 4.43. The van der Waals surface area contributed by atoms with Crippen molar-refractivity contribution >= 4 is 11.6 Å². The van der Waals surface area contributed by atoms with Gasteiger partial charge in [0, 0.05) is 45.0 Å². The Kier molecular flexibility index (Phi) is 4.53. The van der Waals surface area contributed by atoms with E-state index in [1.54, 1.807) is 0 Å². The molecule has 1 N–H and O–H groups in total. The molecule has 2 aliphatic rings. The van der Waals surface area contributed by atoms with Crippen LogP contribution in [0.15, 0.2) is 24.3 Å². The SMILES string of the molecule is O=C(CN1CCN(CCO)CC1)N1CCc2ccccc21. The third kappa shape index (κ3) is 3.26. The number of piperazine rings is 1. The second kappa shape index (κ2) is 6.56. The van der Waals surface area contributed by atoms with E-state index in [1.807, 2.05) is 23.1 Å². The smallest absolute Gasteiger partial charge is 0.241 e. The molecule has 1 saturated heterocycles. The van der Waals surface area contributed by atoms with Gasteiger partial charge in [-0.15, -0.1) is 0 Å². The summed E-state index contributed by atoms with van der Waals surface area (Å²) < 4.78 is 0. The highest BCUT2D eigenvalue weighted by molar-refractivity contribution is 5.96. The Morgan fingerprint density at radius 3 is 2.52 bits per heavy atom. The first kappa shape index (κ1) is 14.5. The number of β-amino-alcohol motifs (C(OH)–C–C–N with tert-alkyl or cyclic N) is 1. The Hall–Kier alpha value is -1.43. The van der Waals surface area contributed by atoms with E-state index in [2.05, 4.69) is 15.9 Å².